The summed E-state index contributed by atoms with van der Waals surface area (Å²) >= 11 is 0.984. The number of thioether (sulfide) groups is 1. The molecule has 106 valence electrons. The number of carbonyl (C=O) groups excluding carboxylic acids is 1. The molecule has 0 radical (unpaired) electrons. The van der Waals surface area contributed by atoms with Crippen molar-refractivity contribution in [1.82, 2.24) is 9.97 Å². The van der Waals surface area contributed by atoms with Crippen LogP contribution >= 0.6 is 11.8 Å². The Morgan fingerprint density at radius 1 is 1.35 bits per heavy atom. The van der Waals surface area contributed by atoms with E-state index in [1.165, 1.54) is 6.33 Å². The number of nitrogens with one attached hydrogen (secondary N) is 1. The van der Waals surface area contributed by atoms with Gasteiger partial charge in [0.05, 0.1) is 18.1 Å². The summed E-state index contributed by atoms with van der Waals surface area (Å²) in [6.45, 7) is 0. The van der Waals surface area contributed by atoms with Crippen LogP contribution in [0.3, 0.4) is 0 Å². The normalized spacial score (nSPS) is 12.6. The highest BCUT2D eigenvalue weighted by molar-refractivity contribution is 8.14. The number of nitrogens with zero attached hydrogens (tertiary/aromatic N) is 1. The highest BCUT2D eigenvalue weighted by Crippen LogP contribution is 2.24. The number of nitrogens with two attached hydrogens (primary N) is 1. The monoisotopic (exact) mass is 293 g/mol. The van der Waals surface area contributed by atoms with Crippen LogP contribution in [0.25, 0.3) is 0 Å². The van der Waals surface area contributed by atoms with Crippen LogP contribution in [0.5, 0.6) is 0 Å². The van der Waals surface area contributed by atoms with Gasteiger partial charge in [0.25, 0.3) is 0 Å². The van der Waals surface area contributed by atoms with Gasteiger partial charge in [-0.15, -0.1) is 0 Å². The molecular weight excluding hydrogens is 278 g/mol. The van der Waals surface area contributed by atoms with Crippen LogP contribution < -0.4 is 5.73 Å². The van der Waals surface area contributed by atoms with Crippen LogP contribution in [0.15, 0.2) is 41.7 Å². The quantitative estimate of drug-likeness (QED) is 0.472. The van der Waals surface area contributed by atoms with Gasteiger partial charge in [0.2, 0.25) is 5.12 Å². The summed E-state index contributed by atoms with van der Waals surface area (Å²) in [7, 11) is 0. The maximum Gasteiger partial charge on any atom is 0.225 e. The third-order valence-electron chi connectivity index (χ3n) is 2.70. The van der Waals surface area contributed by atoms with Crippen molar-refractivity contribution in [3.8, 4) is 0 Å². The molecule has 1 atom stereocenters. The highest BCUT2D eigenvalue weighted by Gasteiger charge is 2.18. The van der Waals surface area contributed by atoms with Gasteiger partial charge in [0, 0.05) is 12.0 Å². The van der Waals surface area contributed by atoms with Crippen molar-refractivity contribution in [3.05, 3.63) is 47.9 Å². The van der Waals surface area contributed by atoms with E-state index in [0.29, 0.717) is 16.3 Å². The SMILES string of the molecule is N[C@@H](Cc1[nH]cnc1SC(=O)c1ccccc1)C(O)O. The van der Waals surface area contributed by atoms with Crippen LogP contribution in [0.1, 0.15) is 16.1 Å². The molecule has 0 spiro atoms. The van der Waals surface area contributed by atoms with E-state index in [4.69, 9.17) is 15.9 Å². The first-order chi connectivity index (χ1) is 9.58. The lowest BCUT2D eigenvalue weighted by Gasteiger charge is -2.12. The zero-order chi connectivity index (χ0) is 14.5. The van der Waals surface area contributed by atoms with Gasteiger partial charge in [0.1, 0.15) is 5.03 Å². The molecule has 6 nitrogen and oxygen atoms in total. The number of aliphatic hydroxyl groups is 2. The predicted octanol–water partition coefficient (Wildman–Crippen LogP) is 0.523. The third kappa shape index (κ3) is 3.67. The Kier molecular flexibility index (Phi) is 4.91. The predicted molar refractivity (Wildman–Crippen MR) is 75.1 cm³/mol. The average Bonchev–Trinajstić information content (AvgIpc) is 2.86. The Labute approximate surface area is 120 Å². The molecule has 0 bridgehead atoms. The molecule has 5 N–H and O–H groups in total. The van der Waals surface area contributed by atoms with E-state index in [1.54, 1.807) is 24.3 Å². The van der Waals surface area contributed by atoms with Gasteiger partial charge in [-0.2, -0.15) is 0 Å². The number of aromatic amines is 1. The maximum absolute atomic E-state index is 12.1. The van der Waals surface area contributed by atoms with E-state index in [1.807, 2.05) is 6.07 Å². The van der Waals surface area contributed by atoms with Crippen molar-refractivity contribution < 1.29 is 15.0 Å². The fourth-order valence-electron chi connectivity index (χ4n) is 1.60. The average molecular weight is 293 g/mol. The summed E-state index contributed by atoms with van der Waals surface area (Å²) in [5.41, 5.74) is 6.77. The van der Waals surface area contributed by atoms with E-state index >= 15 is 0 Å². The van der Waals surface area contributed by atoms with E-state index in [-0.39, 0.29) is 11.5 Å². The summed E-state index contributed by atoms with van der Waals surface area (Å²) in [6, 6.07) is 8.04. The maximum atomic E-state index is 12.1. The van der Waals surface area contributed by atoms with Gasteiger partial charge in [-0.05, 0) is 11.8 Å². The number of carbonyl (C=O) groups is 1. The first-order valence-electron chi connectivity index (χ1n) is 5.99. The molecule has 0 amide bonds. The smallest absolute Gasteiger partial charge is 0.225 e. The lowest BCUT2D eigenvalue weighted by atomic mass is 10.2. The van der Waals surface area contributed by atoms with Crippen molar-refractivity contribution in [3.63, 3.8) is 0 Å². The lowest BCUT2D eigenvalue weighted by Crippen LogP contribution is -2.36. The van der Waals surface area contributed by atoms with E-state index in [2.05, 4.69) is 9.97 Å². The fourth-order valence-corrected chi connectivity index (χ4v) is 2.41. The molecule has 0 aliphatic rings. The molecule has 0 saturated carbocycles. The first kappa shape index (κ1) is 14.7. The van der Waals surface area contributed by atoms with Gasteiger partial charge in [-0.3, -0.25) is 4.79 Å². The van der Waals surface area contributed by atoms with Gasteiger partial charge >= 0.3 is 0 Å². The second kappa shape index (κ2) is 6.67. The van der Waals surface area contributed by atoms with E-state index in [0.717, 1.165) is 11.8 Å². The van der Waals surface area contributed by atoms with Crippen LogP contribution in [-0.4, -0.2) is 37.6 Å². The van der Waals surface area contributed by atoms with E-state index < -0.39 is 12.3 Å². The van der Waals surface area contributed by atoms with Crippen LogP contribution in [0.2, 0.25) is 0 Å². The topological polar surface area (TPSA) is 112 Å². The first-order valence-corrected chi connectivity index (χ1v) is 6.80. The van der Waals surface area contributed by atoms with Crippen LogP contribution in [0.4, 0.5) is 0 Å². The molecule has 0 aliphatic heterocycles. The third-order valence-corrected chi connectivity index (χ3v) is 3.67. The van der Waals surface area contributed by atoms with Gasteiger partial charge in [0.15, 0.2) is 6.29 Å². The minimum atomic E-state index is -1.61. The van der Waals surface area contributed by atoms with Crippen molar-refractivity contribution >= 4 is 16.9 Å². The lowest BCUT2D eigenvalue weighted by molar-refractivity contribution is -0.0580. The standard InChI is InChI=1S/C13H15N3O3S/c14-9(12(17)18)6-10-11(16-7-15-10)20-13(19)8-4-2-1-3-5-8/h1-5,7,9,12,17-18H,6,14H2,(H,15,16)/t9-/m0/s1. The molecule has 20 heavy (non-hydrogen) atoms. The second-order valence-corrected chi connectivity index (χ2v) is 5.18. The number of aromatic nitrogens is 2. The van der Waals surface area contributed by atoms with Gasteiger partial charge < -0.3 is 20.9 Å². The number of imidazole rings is 1. The Hall–Kier alpha value is -1.67. The van der Waals surface area contributed by atoms with Crippen LogP contribution in [-0.2, 0) is 6.42 Å². The molecule has 0 fully saturated rings. The van der Waals surface area contributed by atoms with Crippen molar-refractivity contribution in [1.29, 1.82) is 0 Å². The summed E-state index contributed by atoms with van der Waals surface area (Å²) in [6.07, 6.45) is 0.0371. The van der Waals surface area contributed by atoms with Crippen molar-refractivity contribution in [2.75, 3.05) is 0 Å². The number of aliphatic hydroxyl groups excluding tert-OH is 1. The number of H-pyrrole nitrogens is 1. The Morgan fingerprint density at radius 2 is 2.05 bits per heavy atom. The molecule has 0 unspecified atom stereocenters. The number of hydrogen-bond donors (Lipinski definition) is 4. The Balaban J connectivity index is 2.07. The van der Waals surface area contributed by atoms with Gasteiger partial charge in [-0.25, -0.2) is 4.98 Å². The molecule has 1 heterocycles. The minimum Gasteiger partial charge on any atom is -0.367 e. The molecule has 1 aromatic carbocycles. The zero-order valence-electron chi connectivity index (χ0n) is 10.6. The van der Waals surface area contributed by atoms with Crippen LogP contribution in [0, 0.1) is 0 Å². The summed E-state index contributed by atoms with van der Waals surface area (Å²) in [5.74, 6) is 0. The highest BCUT2D eigenvalue weighted by atomic mass is 32.2. The Morgan fingerprint density at radius 3 is 2.70 bits per heavy atom. The van der Waals surface area contributed by atoms with E-state index in [9.17, 15) is 4.79 Å². The largest absolute Gasteiger partial charge is 0.367 e. The fraction of sp³-hybridized carbons (Fsp3) is 0.231. The molecule has 0 saturated heterocycles. The summed E-state index contributed by atoms with van der Waals surface area (Å²) in [5, 5.41) is 18.4. The second-order valence-electron chi connectivity index (χ2n) is 4.22. The molecule has 0 aliphatic carbocycles. The summed E-state index contributed by atoms with van der Waals surface area (Å²) < 4.78 is 0. The summed E-state index contributed by atoms with van der Waals surface area (Å²) in [4.78, 5) is 19.0. The zero-order valence-corrected chi connectivity index (χ0v) is 11.4. The Bertz CT molecular complexity index is 571. The van der Waals surface area contributed by atoms with Gasteiger partial charge in [-0.1, -0.05) is 30.3 Å². The molecule has 7 heteroatoms. The number of benzene rings is 1. The molecule has 2 aromatic rings. The van der Waals surface area contributed by atoms with Crippen molar-refractivity contribution in [2.24, 2.45) is 5.73 Å². The minimum absolute atomic E-state index is 0.128. The molecular formula is C13H15N3O3S. The van der Waals surface area contributed by atoms with Crippen molar-refractivity contribution in [2.45, 2.75) is 23.8 Å². The molecule has 2 rings (SSSR count). The number of rotatable bonds is 5. The molecule has 1 aromatic heterocycles. The number of hydrogen-bond acceptors (Lipinski definition) is 6.